The molecule has 0 atom stereocenters. The summed E-state index contributed by atoms with van der Waals surface area (Å²) in [5.74, 6) is 0.327. The van der Waals surface area contributed by atoms with Crippen molar-refractivity contribution in [2.24, 2.45) is 4.99 Å². The van der Waals surface area contributed by atoms with Crippen molar-refractivity contribution in [1.29, 1.82) is 0 Å². The average molecular weight is 462 g/mol. The van der Waals surface area contributed by atoms with E-state index in [4.69, 9.17) is 4.74 Å². The van der Waals surface area contributed by atoms with Crippen LogP contribution in [0.4, 0.5) is 10.7 Å². The normalized spacial score (nSPS) is 13.3. The van der Waals surface area contributed by atoms with Crippen molar-refractivity contribution in [2.45, 2.75) is 27.7 Å². The van der Waals surface area contributed by atoms with Crippen molar-refractivity contribution < 1.29 is 14.3 Å². The first-order valence-corrected chi connectivity index (χ1v) is 11.6. The fourth-order valence-corrected chi connectivity index (χ4v) is 5.15. The number of anilines is 2. The number of fused-ring (bicyclic) bond motifs is 1. The quantitative estimate of drug-likeness (QED) is 0.593. The van der Waals surface area contributed by atoms with E-state index in [9.17, 15) is 9.59 Å². The highest BCUT2D eigenvalue weighted by molar-refractivity contribution is 7.17. The van der Waals surface area contributed by atoms with Crippen LogP contribution in [0.3, 0.4) is 0 Å². The lowest BCUT2D eigenvalue weighted by atomic mass is 9.99. The molecule has 7 heteroatoms. The van der Waals surface area contributed by atoms with Gasteiger partial charge in [0.05, 0.1) is 12.8 Å². The zero-order valence-corrected chi connectivity index (χ0v) is 20.3. The molecule has 2 amide bonds. The number of carbonyl (C=O) groups is 2. The zero-order valence-electron chi connectivity index (χ0n) is 19.5. The number of carbonyl (C=O) groups excluding carboxylic acids is 2. The van der Waals surface area contributed by atoms with E-state index in [1.54, 1.807) is 12.0 Å². The Morgan fingerprint density at radius 3 is 2.39 bits per heavy atom. The summed E-state index contributed by atoms with van der Waals surface area (Å²) < 4.78 is 5.28. The van der Waals surface area contributed by atoms with Crippen LogP contribution in [0, 0.1) is 27.7 Å². The molecule has 0 saturated carbocycles. The number of rotatable bonds is 5. The Balaban J connectivity index is 1.69. The summed E-state index contributed by atoms with van der Waals surface area (Å²) in [4.78, 5) is 33.5. The SMILES string of the molecule is COc1ccc(C2=NCC(=O)N(CC(=O)Nc3c(C)cccc3C)c3sc(C)c(C)c32)cc1. The van der Waals surface area contributed by atoms with E-state index in [1.807, 2.05) is 70.2 Å². The third kappa shape index (κ3) is 4.41. The molecule has 1 aromatic heterocycles. The largest absolute Gasteiger partial charge is 0.497 e. The van der Waals surface area contributed by atoms with E-state index in [0.717, 1.165) is 54.8 Å². The number of nitrogens with one attached hydrogen (secondary N) is 1. The predicted octanol–water partition coefficient (Wildman–Crippen LogP) is 4.81. The minimum Gasteiger partial charge on any atom is -0.497 e. The van der Waals surface area contributed by atoms with Gasteiger partial charge in [0.2, 0.25) is 11.8 Å². The average Bonchev–Trinajstić information content (AvgIpc) is 3.01. The van der Waals surface area contributed by atoms with Gasteiger partial charge in [0.25, 0.3) is 0 Å². The molecule has 2 aromatic carbocycles. The Hall–Kier alpha value is -3.45. The van der Waals surface area contributed by atoms with E-state index in [2.05, 4.69) is 10.3 Å². The number of amides is 2. The van der Waals surface area contributed by atoms with Crippen LogP contribution < -0.4 is 15.0 Å². The first-order valence-electron chi connectivity index (χ1n) is 10.8. The maximum Gasteiger partial charge on any atom is 0.249 e. The molecule has 0 unspecified atom stereocenters. The van der Waals surface area contributed by atoms with Gasteiger partial charge in [-0.1, -0.05) is 18.2 Å². The molecule has 0 spiro atoms. The van der Waals surface area contributed by atoms with Gasteiger partial charge in [0.15, 0.2) is 0 Å². The molecule has 2 heterocycles. The molecule has 0 bridgehead atoms. The maximum absolute atomic E-state index is 13.1. The maximum atomic E-state index is 13.1. The number of para-hydroxylation sites is 1. The van der Waals surface area contributed by atoms with Gasteiger partial charge in [-0.15, -0.1) is 11.3 Å². The number of hydrogen-bond acceptors (Lipinski definition) is 5. The molecule has 1 aliphatic heterocycles. The van der Waals surface area contributed by atoms with E-state index in [1.165, 1.54) is 11.3 Å². The lowest BCUT2D eigenvalue weighted by molar-refractivity contribution is -0.120. The van der Waals surface area contributed by atoms with E-state index >= 15 is 0 Å². The number of hydrogen-bond donors (Lipinski definition) is 1. The Morgan fingerprint density at radius 2 is 1.76 bits per heavy atom. The molecule has 170 valence electrons. The van der Waals surface area contributed by atoms with Crippen LogP contribution in [0.1, 0.15) is 32.7 Å². The summed E-state index contributed by atoms with van der Waals surface area (Å²) >= 11 is 1.52. The zero-order chi connectivity index (χ0) is 23.7. The predicted molar refractivity (Wildman–Crippen MR) is 134 cm³/mol. The topological polar surface area (TPSA) is 71.0 Å². The number of ether oxygens (including phenoxy) is 1. The van der Waals surface area contributed by atoms with Crippen LogP contribution >= 0.6 is 11.3 Å². The minimum atomic E-state index is -0.233. The van der Waals surface area contributed by atoms with Gasteiger partial charge >= 0.3 is 0 Å². The summed E-state index contributed by atoms with van der Waals surface area (Å²) in [7, 11) is 1.63. The molecule has 0 saturated heterocycles. The molecule has 6 nitrogen and oxygen atoms in total. The lowest BCUT2D eigenvalue weighted by Gasteiger charge is -2.21. The molecule has 1 N–H and O–H groups in total. The number of nitrogens with zero attached hydrogens (tertiary/aromatic N) is 2. The van der Waals surface area contributed by atoms with Gasteiger partial charge in [-0.2, -0.15) is 0 Å². The second kappa shape index (κ2) is 9.19. The molecular weight excluding hydrogens is 434 g/mol. The van der Waals surface area contributed by atoms with Gasteiger partial charge in [0, 0.05) is 21.7 Å². The van der Waals surface area contributed by atoms with Gasteiger partial charge < -0.3 is 10.1 Å². The van der Waals surface area contributed by atoms with Crippen LogP contribution in [-0.4, -0.2) is 37.7 Å². The van der Waals surface area contributed by atoms with Gasteiger partial charge in [-0.25, -0.2) is 0 Å². The summed E-state index contributed by atoms with van der Waals surface area (Å²) in [5.41, 5.74) is 6.41. The van der Waals surface area contributed by atoms with Crippen LogP contribution in [0.5, 0.6) is 5.75 Å². The first kappa shape index (κ1) is 22.7. The van der Waals surface area contributed by atoms with Crippen molar-refractivity contribution in [2.75, 3.05) is 30.4 Å². The number of methoxy groups -OCH3 is 1. The Bertz CT molecular complexity index is 1240. The van der Waals surface area contributed by atoms with Crippen molar-refractivity contribution in [1.82, 2.24) is 0 Å². The third-order valence-corrected chi connectivity index (χ3v) is 7.16. The number of aryl methyl sites for hydroxylation is 3. The molecule has 33 heavy (non-hydrogen) atoms. The highest BCUT2D eigenvalue weighted by Gasteiger charge is 2.31. The fraction of sp³-hybridized carbons (Fsp3) is 0.269. The molecule has 0 fully saturated rings. The number of aliphatic imine (C=N–C) groups is 1. The highest BCUT2D eigenvalue weighted by atomic mass is 32.1. The number of thiophene rings is 1. The molecule has 1 aliphatic rings. The molecule has 0 aliphatic carbocycles. The fourth-order valence-electron chi connectivity index (χ4n) is 3.98. The van der Waals surface area contributed by atoms with Crippen LogP contribution in [-0.2, 0) is 9.59 Å². The summed E-state index contributed by atoms with van der Waals surface area (Å²) in [6.45, 7) is 7.90. The molecule has 0 radical (unpaired) electrons. The van der Waals surface area contributed by atoms with Crippen molar-refractivity contribution in [3.63, 3.8) is 0 Å². The van der Waals surface area contributed by atoms with Crippen LogP contribution in [0.25, 0.3) is 0 Å². The minimum absolute atomic E-state index is 0.0159. The second-order valence-electron chi connectivity index (χ2n) is 8.15. The second-order valence-corrected chi connectivity index (χ2v) is 9.35. The Kier molecular flexibility index (Phi) is 6.33. The smallest absolute Gasteiger partial charge is 0.249 e. The third-order valence-electron chi connectivity index (χ3n) is 5.93. The van der Waals surface area contributed by atoms with E-state index in [0.29, 0.717) is 0 Å². The number of benzene rings is 2. The standard InChI is InChI=1S/C26H27N3O3S/c1-15-7-6-8-16(2)24(15)28-21(30)14-29-22(31)13-27-25(19-9-11-20(32-5)12-10-19)23-17(3)18(4)33-26(23)29/h6-12H,13-14H2,1-5H3,(H,28,30). The van der Waals surface area contributed by atoms with E-state index in [-0.39, 0.29) is 24.9 Å². The van der Waals surface area contributed by atoms with Crippen LogP contribution in [0.2, 0.25) is 0 Å². The van der Waals surface area contributed by atoms with Crippen molar-refractivity contribution in [3.05, 3.63) is 75.2 Å². The van der Waals surface area contributed by atoms with E-state index < -0.39 is 0 Å². The van der Waals surface area contributed by atoms with Crippen molar-refractivity contribution in [3.8, 4) is 5.75 Å². The van der Waals surface area contributed by atoms with Crippen molar-refractivity contribution >= 4 is 39.6 Å². The van der Waals surface area contributed by atoms with Gasteiger partial charge in [0.1, 0.15) is 23.8 Å². The Morgan fingerprint density at radius 1 is 1.09 bits per heavy atom. The first-order chi connectivity index (χ1) is 15.8. The summed E-state index contributed by atoms with van der Waals surface area (Å²) in [6, 6.07) is 13.5. The molecule has 3 aromatic rings. The molecule has 4 rings (SSSR count). The van der Waals surface area contributed by atoms with Crippen LogP contribution in [0.15, 0.2) is 47.5 Å². The highest BCUT2D eigenvalue weighted by Crippen LogP contribution is 2.39. The lowest BCUT2D eigenvalue weighted by Crippen LogP contribution is -2.39. The summed E-state index contributed by atoms with van der Waals surface area (Å²) in [5, 5.41) is 3.76. The van der Waals surface area contributed by atoms with Gasteiger partial charge in [-0.05, 0) is 68.7 Å². The Labute approximate surface area is 197 Å². The summed E-state index contributed by atoms with van der Waals surface area (Å²) in [6.07, 6.45) is 0. The monoisotopic (exact) mass is 461 g/mol. The molecular formula is C26H27N3O3S. The van der Waals surface area contributed by atoms with Gasteiger partial charge in [-0.3, -0.25) is 19.5 Å².